The van der Waals surface area contributed by atoms with Crippen molar-refractivity contribution in [1.82, 2.24) is 9.29 Å². The zero-order valence-electron chi connectivity index (χ0n) is 19.6. The number of thiazole rings is 1. The van der Waals surface area contributed by atoms with Gasteiger partial charge in [-0.3, -0.25) is 4.79 Å². The van der Waals surface area contributed by atoms with Gasteiger partial charge in [0.15, 0.2) is 11.6 Å². The molecule has 0 spiro atoms. The molecule has 1 aliphatic rings. The van der Waals surface area contributed by atoms with Gasteiger partial charge in [-0.15, -0.1) is 11.3 Å². The van der Waals surface area contributed by atoms with Crippen molar-refractivity contribution in [3.8, 4) is 22.6 Å². The van der Waals surface area contributed by atoms with Crippen molar-refractivity contribution in [2.45, 2.75) is 32.5 Å². The van der Waals surface area contributed by atoms with Gasteiger partial charge in [-0.05, 0) is 37.1 Å². The highest BCUT2D eigenvalue weighted by atomic mass is 32.2. The van der Waals surface area contributed by atoms with E-state index >= 15 is 0 Å². The van der Waals surface area contributed by atoms with Gasteiger partial charge in [0.2, 0.25) is 10.0 Å². The number of aromatic nitrogens is 1. The summed E-state index contributed by atoms with van der Waals surface area (Å²) in [6, 6.07) is 8.00. The summed E-state index contributed by atoms with van der Waals surface area (Å²) < 4.78 is 69.2. The van der Waals surface area contributed by atoms with Crippen molar-refractivity contribution in [2.24, 2.45) is 0 Å². The van der Waals surface area contributed by atoms with E-state index in [4.69, 9.17) is 14.2 Å². The number of carbonyl (C=O) groups excluding carboxylic acids is 1. The van der Waals surface area contributed by atoms with Crippen LogP contribution in [0.2, 0.25) is 0 Å². The minimum Gasteiger partial charge on any atom is -0.496 e. The van der Waals surface area contributed by atoms with Crippen molar-refractivity contribution in [2.75, 3.05) is 19.5 Å². The third kappa shape index (κ3) is 5.66. The van der Waals surface area contributed by atoms with Crippen LogP contribution in [-0.2, 0) is 32.7 Å². The summed E-state index contributed by atoms with van der Waals surface area (Å²) in [5.74, 6) is -1.88. The highest BCUT2D eigenvalue weighted by Gasteiger charge is 2.42. The van der Waals surface area contributed by atoms with Crippen molar-refractivity contribution >= 4 is 27.3 Å². The fourth-order valence-corrected chi connectivity index (χ4v) is 6.20. The fraction of sp³-hybridized carbons (Fsp3) is 0.333. The zero-order valence-corrected chi connectivity index (χ0v) is 21.2. The summed E-state index contributed by atoms with van der Waals surface area (Å²) in [6.07, 6.45) is 0.188. The molecule has 1 atom stereocenters. The molecule has 0 N–H and O–H groups in total. The van der Waals surface area contributed by atoms with Crippen LogP contribution in [0, 0.1) is 11.6 Å². The van der Waals surface area contributed by atoms with E-state index in [0.717, 1.165) is 16.4 Å². The molecule has 1 aliphatic heterocycles. The summed E-state index contributed by atoms with van der Waals surface area (Å²) in [5.41, 5.74) is 1.54. The first kappa shape index (κ1) is 26.0. The van der Waals surface area contributed by atoms with Crippen LogP contribution in [0.25, 0.3) is 11.1 Å². The minimum atomic E-state index is -3.57. The molecule has 12 heteroatoms. The van der Waals surface area contributed by atoms with Crippen LogP contribution in [0.15, 0.2) is 41.8 Å². The number of rotatable bonds is 9. The fourth-order valence-electron chi connectivity index (χ4n) is 3.84. The van der Waals surface area contributed by atoms with Gasteiger partial charge in [0.05, 0.1) is 31.7 Å². The third-order valence-corrected chi connectivity index (χ3v) is 8.32. The number of hydrogen-bond acceptors (Lipinski definition) is 8. The van der Waals surface area contributed by atoms with Gasteiger partial charge in [0.25, 0.3) is 0 Å². The smallest absolute Gasteiger partial charge is 0.324 e. The number of carbonyl (C=O) groups is 1. The minimum absolute atomic E-state index is 0.0208. The molecule has 192 valence electrons. The molecule has 2 heterocycles. The summed E-state index contributed by atoms with van der Waals surface area (Å²) in [5, 5.41) is 2.35. The standard InChI is InChI=1S/C24H24F2N2O6S2/c1-3-33-24(29)21-8-9-36(30,31)28(21)12-16-14-35-23(27-16)13-34-17-6-4-15(5-7-17)18-10-19(25)20(26)11-22(18)32-2/h4-7,10-11,14,21H,3,8-9,12-13H2,1-2H3. The lowest BCUT2D eigenvalue weighted by Crippen LogP contribution is -2.39. The number of hydrogen-bond donors (Lipinski definition) is 0. The molecule has 2 aromatic carbocycles. The van der Waals surface area contributed by atoms with Gasteiger partial charge in [0.1, 0.15) is 29.2 Å². The molecule has 0 bridgehead atoms. The number of benzene rings is 2. The van der Waals surface area contributed by atoms with Gasteiger partial charge >= 0.3 is 5.97 Å². The largest absolute Gasteiger partial charge is 0.496 e. The Kier molecular flexibility index (Phi) is 7.86. The Morgan fingerprint density at radius 1 is 1.19 bits per heavy atom. The molecule has 8 nitrogen and oxygen atoms in total. The average molecular weight is 539 g/mol. The van der Waals surface area contributed by atoms with Crippen LogP contribution in [0.4, 0.5) is 8.78 Å². The monoisotopic (exact) mass is 538 g/mol. The Morgan fingerprint density at radius 3 is 2.61 bits per heavy atom. The number of nitrogens with zero attached hydrogens (tertiary/aromatic N) is 2. The molecule has 0 saturated carbocycles. The molecule has 1 unspecified atom stereocenters. The molecule has 3 aromatic rings. The van der Waals surface area contributed by atoms with Gasteiger partial charge in [0, 0.05) is 17.0 Å². The first-order valence-electron chi connectivity index (χ1n) is 11.1. The maximum atomic E-state index is 13.7. The number of halogens is 2. The van der Waals surface area contributed by atoms with Crippen molar-refractivity contribution in [3.05, 3.63) is 64.1 Å². The maximum Gasteiger partial charge on any atom is 0.324 e. The Morgan fingerprint density at radius 2 is 1.92 bits per heavy atom. The Balaban J connectivity index is 1.40. The topological polar surface area (TPSA) is 95.0 Å². The van der Waals surface area contributed by atoms with Gasteiger partial charge < -0.3 is 14.2 Å². The van der Waals surface area contributed by atoms with E-state index in [1.807, 2.05) is 0 Å². The van der Waals surface area contributed by atoms with E-state index in [-0.39, 0.29) is 37.7 Å². The molecule has 36 heavy (non-hydrogen) atoms. The number of ether oxygens (including phenoxy) is 3. The molecule has 1 aromatic heterocycles. The van der Waals surface area contributed by atoms with Gasteiger partial charge in [-0.2, -0.15) is 4.31 Å². The van der Waals surface area contributed by atoms with E-state index in [1.165, 1.54) is 18.4 Å². The molecule has 1 saturated heterocycles. The van der Waals surface area contributed by atoms with Crippen LogP contribution in [0.1, 0.15) is 24.0 Å². The van der Waals surface area contributed by atoms with Crippen LogP contribution in [0.5, 0.6) is 11.5 Å². The van der Waals surface area contributed by atoms with E-state index in [1.54, 1.807) is 36.6 Å². The average Bonchev–Trinajstić information content (AvgIpc) is 3.43. The second-order valence-corrected chi connectivity index (χ2v) is 10.9. The summed E-state index contributed by atoms with van der Waals surface area (Å²) in [4.78, 5) is 16.6. The van der Waals surface area contributed by atoms with Crippen LogP contribution in [0.3, 0.4) is 0 Å². The predicted molar refractivity (Wildman–Crippen MR) is 129 cm³/mol. The molecular formula is C24H24F2N2O6S2. The van der Waals surface area contributed by atoms with E-state index in [2.05, 4.69) is 4.98 Å². The van der Waals surface area contributed by atoms with E-state index < -0.39 is 33.7 Å². The molecule has 0 aliphatic carbocycles. The van der Waals surface area contributed by atoms with Gasteiger partial charge in [-0.25, -0.2) is 22.2 Å². The Hall–Kier alpha value is -3.09. The quantitative estimate of drug-likeness (QED) is 0.378. The summed E-state index contributed by atoms with van der Waals surface area (Å²) in [7, 11) is -2.19. The molecule has 1 fully saturated rings. The second kappa shape index (κ2) is 10.9. The molecular weight excluding hydrogens is 514 g/mol. The van der Waals surface area contributed by atoms with E-state index in [0.29, 0.717) is 27.6 Å². The molecule has 0 radical (unpaired) electrons. The first-order chi connectivity index (χ1) is 17.2. The van der Waals surface area contributed by atoms with Crippen LogP contribution in [-0.4, -0.2) is 49.2 Å². The number of esters is 1. The number of sulfonamides is 1. The SMILES string of the molecule is CCOC(=O)C1CCS(=O)(=O)N1Cc1csc(COc2ccc(-c3cc(F)c(F)cc3OC)cc2)n1. The lowest BCUT2D eigenvalue weighted by molar-refractivity contribution is -0.147. The Labute approximate surface area is 211 Å². The van der Waals surface area contributed by atoms with Crippen molar-refractivity contribution < 1.29 is 36.2 Å². The van der Waals surface area contributed by atoms with Crippen LogP contribution < -0.4 is 9.47 Å². The Bertz CT molecular complexity index is 1350. The molecule has 0 amide bonds. The van der Waals surface area contributed by atoms with Gasteiger partial charge in [-0.1, -0.05) is 12.1 Å². The first-order valence-corrected chi connectivity index (χ1v) is 13.6. The van der Waals surface area contributed by atoms with Crippen molar-refractivity contribution in [3.63, 3.8) is 0 Å². The second-order valence-electron chi connectivity index (χ2n) is 7.93. The highest BCUT2D eigenvalue weighted by molar-refractivity contribution is 7.89. The van der Waals surface area contributed by atoms with Crippen molar-refractivity contribution in [1.29, 1.82) is 0 Å². The zero-order chi connectivity index (χ0) is 25.9. The van der Waals surface area contributed by atoms with Crippen LogP contribution >= 0.6 is 11.3 Å². The lowest BCUT2D eigenvalue weighted by atomic mass is 10.0. The summed E-state index contributed by atoms with van der Waals surface area (Å²) in [6.45, 7) is 1.97. The molecule has 4 rings (SSSR count). The normalized spacial score (nSPS) is 17.2. The third-order valence-electron chi connectivity index (χ3n) is 5.60. The predicted octanol–water partition coefficient (Wildman–Crippen LogP) is 4.14. The summed E-state index contributed by atoms with van der Waals surface area (Å²) >= 11 is 1.31. The highest BCUT2D eigenvalue weighted by Crippen LogP contribution is 2.33. The number of methoxy groups -OCH3 is 1. The maximum absolute atomic E-state index is 13.7. The lowest BCUT2D eigenvalue weighted by Gasteiger charge is -2.20. The van der Waals surface area contributed by atoms with E-state index in [9.17, 15) is 22.0 Å².